The molecule has 0 fully saturated rings. The van der Waals surface area contributed by atoms with E-state index in [-0.39, 0.29) is 11.8 Å². The summed E-state index contributed by atoms with van der Waals surface area (Å²) >= 11 is 0. The van der Waals surface area contributed by atoms with E-state index in [1.807, 2.05) is 0 Å². The average Bonchev–Trinajstić information content (AvgIpc) is 3.01. The number of nitrogens with two attached hydrogens (primary N) is 2. The van der Waals surface area contributed by atoms with E-state index in [0.29, 0.717) is 19.4 Å². The highest BCUT2D eigenvalue weighted by atomic mass is 16.3. The number of carbonyl (C=O) groups is 2. The molecule has 45 heavy (non-hydrogen) atoms. The van der Waals surface area contributed by atoms with Crippen molar-refractivity contribution >= 4 is 11.8 Å². The Kier molecular flexibility index (Phi) is 36.4. The van der Waals surface area contributed by atoms with Crippen LogP contribution in [0.2, 0.25) is 0 Å². The Balaban J connectivity index is 3.35. The van der Waals surface area contributed by atoms with Gasteiger partial charge in [-0.25, -0.2) is 0 Å². The number of primary amides is 2. The molecule has 0 heterocycles. The number of carbonyl (C=O) groups excluding carboxylic acids is 2. The smallest absolute Gasteiger partial charge is 0.217 e. The fourth-order valence-electron chi connectivity index (χ4n) is 6.85. The average molecular weight is 637 g/mol. The second kappa shape index (κ2) is 37.4. The van der Waals surface area contributed by atoms with Crippen molar-refractivity contribution in [2.45, 2.75) is 231 Å². The van der Waals surface area contributed by atoms with E-state index in [2.05, 4.69) is 0 Å². The van der Waals surface area contributed by atoms with Crippen LogP contribution in [0.3, 0.4) is 0 Å². The van der Waals surface area contributed by atoms with E-state index in [9.17, 15) is 14.7 Å². The first-order chi connectivity index (χ1) is 22.1. The van der Waals surface area contributed by atoms with E-state index in [1.54, 1.807) is 0 Å². The molecule has 0 bridgehead atoms. The van der Waals surface area contributed by atoms with Crippen molar-refractivity contribution in [1.29, 1.82) is 0 Å². The van der Waals surface area contributed by atoms with Crippen LogP contribution >= 0.6 is 0 Å². The van der Waals surface area contributed by atoms with Gasteiger partial charge in [-0.15, -0.1) is 0 Å². The maximum atomic E-state index is 10.7. The predicted molar refractivity (Wildman–Crippen MR) is 195 cm³/mol. The lowest BCUT2D eigenvalue weighted by molar-refractivity contribution is -0.119. The summed E-state index contributed by atoms with van der Waals surface area (Å²) in [6, 6.07) is 0. The maximum absolute atomic E-state index is 10.7. The second-order valence-electron chi connectivity index (χ2n) is 14.3. The molecule has 0 aliphatic heterocycles. The lowest BCUT2D eigenvalue weighted by Crippen LogP contribution is -2.09. The van der Waals surface area contributed by atoms with Crippen LogP contribution in [-0.4, -0.2) is 23.5 Å². The van der Waals surface area contributed by atoms with Gasteiger partial charge >= 0.3 is 0 Å². The van der Waals surface area contributed by atoms with Gasteiger partial charge in [0.05, 0.1) is 0 Å². The van der Waals surface area contributed by atoms with Gasteiger partial charge in [0.1, 0.15) is 0 Å². The van der Waals surface area contributed by atoms with E-state index in [0.717, 1.165) is 38.0 Å². The number of hydrogen-bond acceptors (Lipinski definition) is 3. The first-order valence-electron chi connectivity index (χ1n) is 20.2. The molecule has 0 rings (SSSR count). The zero-order valence-electron chi connectivity index (χ0n) is 30.2. The highest BCUT2D eigenvalue weighted by Crippen LogP contribution is 2.22. The maximum Gasteiger partial charge on any atom is 0.217 e. The standard InChI is InChI=1S/C40H80N2O3/c41-39(44)34-30-26-22-18-14-10-5-3-1-2-4-8-12-16-20-24-28-32-38(36-37-43)33-29-25-21-17-13-9-6-7-11-15-19-23-27-31-35-40(42)45/h38,43H,1-37H2,(H2,41,44)(H2,42,45). The number of rotatable bonds is 39. The minimum atomic E-state index is -0.160. The highest BCUT2D eigenvalue weighted by Gasteiger charge is 2.08. The van der Waals surface area contributed by atoms with Crippen LogP contribution in [-0.2, 0) is 9.59 Å². The molecule has 0 saturated heterocycles. The van der Waals surface area contributed by atoms with Gasteiger partial charge in [-0.05, 0) is 25.2 Å². The van der Waals surface area contributed by atoms with E-state index in [1.165, 1.54) is 186 Å². The summed E-state index contributed by atoms with van der Waals surface area (Å²) in [5, 5.41) is 9.52. The van der Waals surface area contributed by atoms with Crippen molar-refractivity contribution in [2.24, 2.45) is 17.4 Å². The first kappa shape index (κ1) is 43.9. The molecular weight excluding hydrogens is 556 g/mol. The summed E-state index contributed by atoms with van der Waals surface area (Å²) in [7, 11) is 0. The number of unbranched alkanes of at least 4 members (excludes halogenated alkanes) is 29. The molecule has 1 atom stereocenters. The number of aliphatic hydroxyl groups is 1. The second-order valence-corrected chi connectivity index (χ2v) is 14.3. The van der Waals surface area contributed by atoms with E-state index in [4.69, 9.17) is 11.5 Å². The van der Waals surface area contributed by atoms with Crippen LogP contribution in [0.4, 0.5) is 0 Å². The molecule has 5 N–H and O–H groups in total. The topological polar surface area (TPSA) is 106 Å². The Morgan fingerprint density at radius 1 is 0.333 bits per heavy atom. The summed E-state index contributed by atoms with van der Waals surface area (Å²) in [6.45, 7) is 0.361. The molecular formula is C40H80N2O3. The van der Waals surface area contributed by atoms with Gasteiger partial charge in [0.2, 0.25) is 11.8 Å². The van der Waals surface area contributed by atoms with Crippen molar-refractivity contribution in [1.82, 2.24) is 0 Å². The van der Waals surface area contributed by atoms with E-state index < -0.39 is 0 Å². The van der Waals surface area contributed by atoms with Crippen molar-refractivity contribution < 1.29 is 14.7 Å². The molecule has 0 saturated carbocycles. The largest absolute Gasteiger partial charge is 0.396 e. The van der Waals surface area contributed by atoms with Gasteiger partial charge in [-0.2, -0.15) is 0 Å². The van der Waals surface area contributed by atoms with Gasteiger partial charge in [0.25, 0.3) is 0 Å². The lowest BCUT2D eigenvalue weighted by atomic mass is 9.91. The van der Waals surface area contributed by atoms with Crippen LogP contribution in [0, 0.1) is 5.92 Å². The van der Waals surface area contributed by atoms with Crippen molar-refractivity contribution in [3.05, 3.63) is 0 Å². The summed E-state index contributed by atoms with van der Waals surface area (Å²) in [4.78, 5) is 21.5. The first-order valence-corrected chi connectivity index (χ1v) is 20.2. The van der Waals surface area contributed by atoms with Crippen molar-refractivity contribution in [3.63, 3.8) is 0 Å². The van der Waals surface area contributed by atoms with E-state index >= 15 is 0 Å². The van der Waals surface area contributed by atoms with Gasteiger partial charge in [0, 0.05) is 19.4 Å². The molecule has 0 aromatic rings. The fourth-order valence-corrected chi connectivity index (χ4v) is 6.85. The Morgan fingerprint density at radius 2 is 0.533 bits per heavy atom. The molecule has 268 valence electrons. The summed E-state index contributed by atoms with van der Waals surface area (Å²) < 4.78 is 0. The van der Waals surface area contributed by atoms with Crippen molar-refractivity contribution in [2.75, 3.05) is 6.61 Å². The van der Waals surface area contributed by atoms with Gasteiger partial charge < -0.3 is 16.6 Å². The molecule has 0 aromatic carbocycles. The molecule has 0 spiro atoms. The fraction of sp³-hybridized carbons (Fsp3) is 0.950. The number of amides is 2. The van der Waals surface area contributed by atoms with Gasteiger partial charge in [-0.3, -0.25) is 9.59 Å². The molecule has 0 aliphatic rings. The minimum absolute atomic E-state index is 0.158. The third-order valence-corrected chi connectivity index (χ3v) is 9.86. The third kappa shape index (κ3) is 39.0. The summed E-state index contributed by atoms with van der Waals surface area (Å²) in [6.07, 6.45) is 46.1. The number of aliphatic hydroxyl groups excluding tert-OH is 1. The Morgan fingerprint density at radius 3 is 0.733 bits per heavy atom. The summed E-state index contributed by atoms with van der Waals surface area (Å²) in [5.74, 6) is 0.423. The summed E-state index contributed by atoms with van der Waals surface area (Å²) in [5.41, 5.74) is 10.4. The van der Waals surface area contributed by atoms with Crippen molar-refractivity contribution in [3.8, 4) is 0 Å². The van der Waals surface area contributed by atoms with Crippen LogP contribution < -0.4 is 11.5 Å². The molecule has 0 aromatic heterocycles. The number of hydrogen-bond donors (Lipinski definition) is 3. The quantitative estimate of drug-likeness (QED) is 0.0584. The molecule has 2 amide bonds. The Bertz CT molecular complexity index is 612. The zero-order valence-corrected chi connectivity index (χ0v) is 30.2. The van der Waals surface area contributed by atoms with Crippen LogP contribution in [0.5, 0.6) is 0 Å². The SMILES string of the molecule is NC(=O)CCCCCCCCCCCCCCCCCCCC(CCO)CCCCCCCCCCCCCCCCC(N)=O. The third-order valence-electron chi connectivity index (χ3n) is 9.86. The monoisotopic (exact) mass is 637 g/mol. The zero-order chi connectivity index (χ0) is 32.9. The predicted octanol–water partition coefficient (Wildman–Crippen LogP) is 11.6. The normalized spacial score (nSPS) is 12.1. The lowest BCUT2D eigenvalue weighted by Gasteiger charge is -2.15. The minimum Gasteiger partial charge on any atom is -0.396 e. The molecule has 0 aliphatic carbocycles. The molecule has 5 heteroatoms. The Hall–Kier alpha value is -1.10. The molecule has 0 radical (unpaired) electrons. The Labute approximate surface area is 281 Å². The van der Waals surface area contributed by atoms with Gasteiger partial charge in [0.15, 0.2) is 0 Å². The molecule has 5 nitrogen and oxygen atoms in total. The van der Waals surface area contributed by atoms with Gasteiger partial charge in [-0.1, -0.05) is 199 Å². The molecule has 1 unspecified atom stereocenters. The highest BCUT2D eigenvalue weighted by molar-refractivity contribution is 5.73. The van der Waals surface area contributed by atoms with Crippen LogP contribution in [0.1, 0.15) is 231 Å². The van der Waals surface area contributed by atoms with Crippen LogP contribution in [0.25, 0.3) is 0 Å². The van der Waals surface area contributed by atoms with Crippen LogP contribution in [0.15, 0.2) is 0 Å².